The lowest BCUT2D eigenvalue weighted by Crippen LogP contribution is -2.39. The van der Waals surface area contributed by atoms with Gasteiger partial charge in [-0.2, -0.15) is 0 Å². The van der Waals surface area contributed by atoms with Gasteiger partial charge in [-0.3, -0.25) is 4.99 Å². The lowest BCUT2D eigenvalue weighted by atomic mass is 9.99. The molecular weight excluding hydrogens is 300 g/mol. The molecule has 1 atom stereocenters. The van der Waals surface area contributed by atoms with Gasteiger partial charge in [0.05, 0.1) is 7.11 Å². The SMILES string of the molecule is CN=C(NCc1cccnc1OC)N1CCC(c2ccccc2)C1. The number of benzene rings is 1. The topological polar surface area (TPSA) is 49.8 Å². The zero-order valence-electron chi connectivity index (χ0n) is 14.3. The summed E-state index contributed by atoms with van der Waals surface area (Å²) in [5.41, 5.74) is 2.43. The molecule has 0 amide bonds. The molecule has 0 radical (unpaired) electrons. The Morgan fingerprint density at radius 3 is 2.88 bits per heavy atom. The highest BCUT2D eigenvalue weighted by molar-refractivity contribution is 5.80. The monoisotopic (exact) mass is 324 g/mol. The van der Waals surface area contributed by atoms with Gasteiger partial charge in [-0.15, -0.1) is 0 Å². The summed E-state index contributed by atoms with van der Waals surface area (Å²) >= 11 is 0. The Kier molecular flexibility index (Phi) is 5.31. The molecule has 5 nitrogen and oxygen atoms in total. The Balaban J connectivity index is 1.61. The summed E-state index contributed by atoms with van der Waals surface area (Å²) in [5, 5.41) is 3.43. The minimum Gasteiger partial charge on any atom is -0.481 e. The first-order chi connectivity index (χ1) is 11.8. The second-order valence-electron chi connectivity index (χ2n) is 5.91. The van der Waals surface area contributed by atoms with E-state index in [1.54, 1.807) is 13.3 Å². The van der Waals surface area contributed by atoms with E-state index in [0.29, 0.717) is 18.3 Å². The second-order valence-corrected chi connectivity index (χ2v) is 5.91. The van der Waals surface area contributed by atoms with Crippen molar-refractivity contribution in [2.45, 2.75) is 18.9 Å². The van der Waals surface area contributed by atoms with Gasteiger partial charge in [0.2, 0.25) is 5.88 Å². The maximum Gasteiger partial charge on any atom is 0.218 e. The number of likely N-dealkylation sites (tertiary alicyclic amines) is 1. The van der Waals surface area contributed by atoms with Crippen molar-refractivity contribution in [2.24, 2.45) is 4.99 Å². The third-order valence-electron chi connectivity index (χ3n) is 4.45. The smallest absolute Gasteiger partial charge is 0.218 e. The van der Waals surface area contributed by atoms with E-state index in [1.807, 2.05) is 19.2 Å². The molecule has 2 aromatic rings. The summed E-state index contributed by atoms with van der Waals surface area (Å²) in [6, 6.07) is 14.7. The Morgan fingerprint density at radius 1 is 1.29 bits per heavy atom. The zero-order valence-corrected chi connectivity index (χ0v) is 14.3. The van der Waals surface area contributed by atoms with Crippen molar-refractivity contribution in [3.8, 4) is 5.88 Å². The predicted octanol–water partition coefficient (Wildman–Crippen LogP) is 2.66. The minimum absolute atomic E-state index is 0.567. The molecule has 1 saturated heterocycles. The standard InChI is InChI=1S/C19H24N4O/c1-20-19(22-13-16-9-6-11-21-18(16)24-2)23-12-10-17(14-23)15-7-4-3-5-8-15/h3-9,11,17H,10,12-14H2,1-2H3,(H,20,22). The summed E-state index contributed by atoms with van der Waals surface area (Å²) in [6.45, 7) is 2.66. The van der Waals surface area contributed by atoms with Gasteiger partial charge >= 0.3 is 0 Å². The molecule has 3 rings (SSSR count). The number of hydrogen-bond donors (Lipinski definition) is 1. The van der Waals surface area contributed by atoms with Gasteiger partial charge in [0.25, 0.3) is 0 Å². The fraction of sp³-hybridized carbons (Fsp3) is 0.368. The molecule has 1 unspecified atom stereocenters. The van der Waals surface area contributed by atoms with Crippen molar-refractivity contribution in [3.63, 3.8) is 0 Å². The van der Waals surface area contributed by atoms with Gasteiger partial charge in [-0.05, 0) is 18.1 Å². The van der Waals surface area contributed by atoms with Crippen LogP contribution >= 0.6 is 0 Å². The van der Waals surface area contributed by atoms with E-state index in [2.05, 4.69) is 50.5 Å². The first-order valence-corrected chi connectivity index (χ1v) is 8.30. The first-order valence-electron chi connectivity index (χ1n) is 8.30. The molecule has 1 aliphatic rings. The molecule has 1 aliphatic heterocycles. The van der Waals surface area contributed by atoms with E-state index in [0.717, 1.165) is 31.0 Å². The molecule has 1 N–H and O–H groups in total. The average molecular weight is 324 g/mol. The molecule has 2 heterocycles. The first kappa shape index (κ1) is 16.3. The number of aliphatic imine (C=N–C) groups is 1. The highest BCUT2D eigenvalue weighted by atomic mass is 16.5. The van der Waals surface area contributed by atoms with Crippen molar-refractivity contribution in [1.82, 2.24) is 15.2 Å². The van der Waals surface area contributed by atoms with Crippen molar-refractivity contribution in [3.05, 3.63) is 59.8 Å². The normalized spacial score (nSPS) is 17.8. The van der Waals surface area contributed by atoms with Crippen molar-refractivity contribution in [2.75, 3.05) is 27.2 Å². The van der Waals surface area contributed by atoms with Gasteiger partial charge in [-0.1, -0.05) is 36.4 Å². The van der Waals surface area contributed by atoms with Crippen LogP contribution in [0.25, 0.3) is 0 Å². The van der Waals surface area contributed by atoms with E-state index < -0.39 is 0 Å². The fourth-order valence-corrected chi connectivity index (χ4v) is 3.20. The summed E-state index contributed by atoms with van der Waals surface area (Å²) in [7, 11) is 3.48. The van der Waals surface area contributed by atoms with Crippen LogP contribution in [0.5, 0.6) is 5.88 Å². The van der Waals surface area contributed by atoms with Crippen LogP contribution in [0.1, 0.15) is 23.5 Å². The molecule has 0 spiro atoms. The van der Waals surface area contributed by atoms with E-state index in [9.17, 15) is 0 Å². The Hall–Kier alpha value is -2.56. The molecule has 5 heteroatoms. The van der Waals surface area contributed by atoms with E-state index in [-0.39, 0.29) is 0 Å². The fourth-order valence-electron chi connectivity index (χ4n) is 3.20. The molecule has 0 aliphatic carbocycles. The van der Waals surface area contributed by atoms with Gasteiger partial charge < -0.3 is 15.0 Å². The summed E-state index contributed by atoms with van der Waals surface area (Å²) < 4.78 is 5.31. The predicted molar refractivity (Wildman–Crippen MR) is 96.4 cm³/mol. The number of ether oxygens (including phenoxy) is 1. The van der Waals surface area contributed by atoms with Crippen LogP contribution < -0.4 is 10.1 Å². The van der Waals surface area contributed by atoms with Crippen LogP contribution in [0, 0.1) is 0 Å². The molecule has 0 saturated carbocycles. The van der Waals surface area contributed by atoms with Crippen LogP contribution in [0.3, 0.4) is 0 Å². The molecule has 1 aromatic heterocycles. The maximum atomic E-state index is 5.31. The summed E-state index contributed by atoms with van der Waals surface area (Å²) in [4.78, 5) is 11.0. The van der Waals surface area contributed by atoms with Crippen LogP contribution in [-0.2, 0) is 6.54 Å². The molecule has 1 aromatic carbocycles. The number of hydrogen-bond acceptors (Lipinski definition) is 3. The molecule has 1 fully saturated rings. The number of aromatic nitrogens is 1. The lowest BCUT2D eigenvalue weighted by molar-refractivity contribution is 0.391. The zero-order chi connectivity index (χ0) is 16.8. The third-order valence-corrected chi connectivity index (χ3v) is 4.45. The number of methoxy groups -OCH3 is 1. The van der Waals surface area contributed by atoms with Crippen LogP contribution in [0.15, 0.2) is 53.7 Å². The minimum atomic E-state index is 0.567. The quantitative estimate of drug-likeness (QED) is 0.694. The lowest BCUT2D eigenvalue weighted by Gasteiger charge is -2.22. The Bertz CT molecular complexity index is 687. The van der Waals surface area contributed by atoms with Gasteiger partial charge in [0.15, 0.2) is 5.96 Å². The average Bonchev–Trinajstić information content (AvgIpc) is 3.13. The number of pyridine rings is 1. The van der Waals surface area contributed by atoms with E-state index in [4.69, 9.17) is 4.74 Å². The van der Waals surface area contributed by atoms with Crippen molar-refractivity contribution >= 4 is 5.96 Å². The summed E-state index contributed by atoms with van der Waals surface area (Å²) in [6.07, 6.45) is 2.89. The Morgan fingerprint density at radius 2 is 2.12 bits per heavy atom. The molecule has 24 heavy (non-hydrogen) atoms. The largest absolute Gasteiger partial charge is 0.481 e. The van der Waals surface area contributed by atoms with Crippen LogP contribution in [-0.4, -0.2) is 43.1 Å². The van der Waals surface area contributed by atoms with Crippen LogP contribution in [0.2, 0.25) is 0 Å². The third kappa shape index (κ3) is 3.67. The molecule has 126 valence electrons. The molecular formula is C19H24N4O. The maximum absolute atomic E-state index is 5.31. The van der Waals surface area contributed by atoms with E-state index >= 15 is 0 Å². The number of nitrogens with zero attached hydrogens (tertiary/aromatic N) is 3. The molecule has 0 bridgehead atoms. The Labute approximate surface area is 143 Å². The number of nitrogens with one attached hydrogen (secondary N) is 1. The van der Waals surface area contributed by atoms with Crippen molar-refractivity contribution in [1.29, 1.82) is 0 Å². The van der Waals surface area contributed by atoms with Gasteiger partial charge in [-0.25, -0.2) is 4.98 Å². The summed E-state index contributed by atoms with van der Waals surface area (Å²) in [5.74, 6) is 2.15. The number of guanidine groups is 1. The highest BCUT2D eigenvalue weighted by Gasteiger charge is 2.25. The van der Waals surface area contributed by atoms with Crippen molar-refractivity contribution < 1.29 is 4.74 Å². The highest BCUT2D eigenvalue weighted by Crippen LogP contribution is 2.27. The number of rotatable bonds is 4. The van der Waals surface area contributed by atoms with Gasteiger partial charge in [0.1, 0.15) is 0 Å². The second kappa shape index (κ2) is 7.81. The van der Waals surface area contributed by atoms with Crippen LogP contribution in [0.4, 0.5) is 0 Å². The van der Waals surface area contributed by atoms with E-state index in [1.165, 1.54) is 5.56 Å². The van der Waals surface area contributed by atoms with Gasteiger partial charge in [0, 0.05) is 44.4 Å².